The van der Waals surface area contributed by atoms with Gasteiger partial charge in [0.25, 0.3) is 0 Å². The molecular weight excluding hydrogens is 228 g/mol. The minimum absolute atomic E-state index is 0.325. The van der Waals surface area contributed by atoms with E-state index >= 15 is 0 Å². The molecule has 0 bridgehead atoms. The van der Waals surface area contributed by atoms with Crippen LogP contribution in [0.3, 0.4) is 0 Å². The summed E-state index contributed by atoms with van der Waals surface area (Å²) in [6.45, 7) is 5.51. The van der Waals surface area contributed by atoms with Crippen molar-refractivity contribution in [2.24, 2.45) is 5.73 Å². The van der Waals surface area contributed by atoms with E-state index in [0.717, 1.165) is 19.4 Å². The first-order valence-corrected chi connectivity index (χ1v) is 7.49. The van der Waals surface area contributed by atoms with E-state index < -0.39 is 0 Å². The number of hydrogen-bond donors (Lipinski definition) is 1. The van der Waals surface area contributed by atoms with Gasteiger partial charge in [0.15, 0.2) is 0 Å². The van der Waals surface area contributed by atoms with E-state index in [1.54, 1.807) is 0 Å². The lowest BCUT2D eigenvalue weighted by Crippen LogP contribution is -2.40. The van der Waals surface area contributed by atoms with Crippen molar-refractivity contribution in [3.05, 3.63) is 22.4 Å². The van der Waals surface area contributed by atoms with Crippen molar-refractivity contribution in [3.63, 3.8) is 0 Å². The minimum atomic E-state index is 0.325. The van der Waals surface area contributed by atoms with Gasteiger partial charge in [-0.25, -0.2) is 0 Å². The fourth-order valence-electron chi connectivity index (χ4n) is 1.98. The highest BCUT2D eigenvalue weighted by atomic mass is 32.1. The number of likely N-dealkylation sites (N-methyl/N-ethyl adjacent to an activating group) is 1. The maximum Gasteiger partial charge on any atom is 0.0167 e. The standard InChI is InChI=1S/C14H26N2S/c1-4-5-7-13(15)11-16(3)12(2)10-14-8-6-9-17-14/h6,8-9,12-13H,4-5,7,10-11,15H2,1-3H3. The molecule has 2 atom stereocenters. The van der Waals surface area contributed by atoms with E-state index in [-0.39, 0.29) is 0 Å². The summed E-state index contributed by atoms with van der Waals surface area (Å²) in [7, 11) is 2.18. The van der Waals surface area contributed by atoms with Gasteiger partial charge in [0.05, 0.1) is 0 Å². The van der Waals surface area contributed by atoms with Gasteiger partial charge in [-0.05, 0) is 38.3 Å². The average molecular weight is 254 g/mol. The van der Waals surface area contributed by atoms with Crippen molar-refractivity contribution in [3.8, 4) is 0 Å². The van der Waals surface area contributed by atoms with Gasteiger partial charge < -0.3 is 10.6 Å². The van der Waals surface area contributed by atoms with E-state index in [4.69, 9.17) is 5.73 Å². The third-order valence-corrected chi connectivity index (χ3v) is 4.18. The lowest BCUT2D eigenvalue weighted by molar-refractivity contribution is 0.237. The van der Waals surface area contributed by atoms with Gasteiger partial charge in [-0.3, -0.25) is 0 Å². The molecule has 3 heteroatoms. The van der Waals surface area contributed by atoms with E-state index in [1.807, 2.05) is 11.3 Å². The summed E-state index contributed by atoms with van der Waals surface area (Å²) in [6.07, 6.45) is 4.76. The summed E-state index contributed by atoms with van der Waals surface area (Å²) < 4.78 is 0. The third kappa shape index (κ3) is 5.66. The zero-order chi connectivity index (χ0) is 12.7. The third-order valence-electron chi connectivity index (χ3n) is 3.28. The first kappa shape index (κ1) is 14.7. The Labute approximate surface area is 110 Å². The summed E-state index contributed by atoms with van der Waals surface area (Å²) in [5.74, 6) is 0. The van der Waals surface area contributed by atoms with Crippen molar-refractivity contribution in [1.29, 1.82) is 0 Å². The molecule has 0 aliphatic rings. The van der Waals surface area contributed by atoms with Crippen LogP contribution in [-0.4, -0.2) is 30.6 Å². The SMILES string of the molecule is CCCCC(N)CN(C)C(C)Cc1cccs1. The Morgan fingerprint density at radius 3 is 2.82 bits per heavy atom. The van der Waals surface area contributed by atoms with Gasteiger partial charge in [-0.1, -0.05) is 25.8 Å². The second-order valence-corrected chi connectivity index (χ2v) is 6.01. The molecule has 0 amide bonds. The summed E-state index contributed by atoms with van der Waals surface area (Å²) in [5, 5.41) is 2.15. The molecular formula is C14H26N2S. The summed E-state index contributed by atoms with van der Waals surface area (Å²) in [4.78, 5) is 3.85. The van der Waals surface area contributed by atoms with Gasteiger partial charge in [-0.2, -0.15) is 0 Å². The molecule has 0 fully saturated rings. The number of hydrogen-bond acceptors (Lipinski definition) is 3. The molecule has 0 saturated carbocycles. The molecule has 2 N–H and O–H groups in total. The Balaban J connectivity index is 2.28. The number of unbranched alkanes of at least 4 members (excludes halogenated alkanes) is 1. The van der Waals surface area contributed by atoms with E-state index in [1.165, 1.54) is 17.7 Å². The Morgan fingerprint density at radius 1 is 1.47 bits per heavy atom. The normalized spacial score (nSPS) is 15.1. The van der Waals surface area contributed by atoms with E-state index in [2.05, 4.69) is 43.3 Å². The average Bonchev–Trinajstić information content (AvgIpc) is 2.78. The second kappa shape index (κ2) is 7.85. The molecule has 98 valence electrons. The molecule has 0 saturated heterocycles. The van der Waals surface area contributed by atoms with Crippen molar-refractivity contribution in [1.82, 2.24) is 4.90 Å². The molecule has 1 aromatic rings. The molecule has 0 aromatic carbocycles. The second-order valence-electron chi connectivity index (χ2n) is 4.97. The van der Waals surface area contributed by atoms with Crippen LogP contribution in [0.4, 0.5) is 0 Å². The Morgan fingerprint density at radius 2 is 2.24 bits per heavy atom. The Kier molecular flexibility index (Phi) is 6.78. The predicted octanol–water partition coefficient (Wildman–Crippen LogP) is 3.13. The van der Waals surface area contributed by atoms with Crippen LogP contribution in [0.2, 0.25) is 0 Å². The quantitative estimate of drug-likeness (QED) is 0.772. The van der Waals surface area contributed by atoms with Crippen molar-refractivity contribution in [2.45, 2.75) is 51.6 Å². The van der Waals surface area contributed by atoms with Crippen molar-refractivity contribution in [2.75, 3.05) is 13.6 Å². The molecule has 1 rings (SSSR count). The van der Waals surface area contributed by atoms with E-state index in [0.29, 0.717) is 12.1 Å². The molecule has 2 nitrogen and oxygen atoms in total. The number of rotatable bonds is 8. The predicted molar refractivity (Wildman–Crippen MR) is 77.6 cm³/mol. The van der Waals surface area contributed by atoms with Gasteiger partial charge in [0.1, 0.15) is 0 Å². The van der Waals surface area contributed by atoms with Crippen molar-refractivity contribution < 1.29 is 0 Å². The number of nitrogens with zero attached hydrogens (tertiary/aromatic N) is 1. The molecule has 1 heterocycles. The van der Waals surface area contributed by atoms with Crippen LogP contribution < -0.4 is 5.73 Å². The van der Waals surface area contributed by atoms with Gasteiger partial charge in [0.2, 0.25) is 0 Å². The molecule has 1 aromatic heterocycles. The fourth-order valence-corrected chi connectivity index (χ4v) is 2.81. The minimum Gasteiger partial charge on any atom is -0.327 e. The molecule has 0 aliphatic heterocycles. The van der Waals surface area contributed by atoms with Gasteiger partial charge >= 0.3 is 0 Å². The van der Waals surface area contributed by atoms with Gasteiger partial charge in [-0.15, -0.1) is 11.3 Å². The molecule has 2 unspecified atom stereocenters. The lowest BCUT2D eigenvalue weighted by atomic mass is 10.1. The summed E-state index contributed by atoms with van der Waals surface area (Å²) >= 11 is 1.84. The van der Waals surface area contributed by atoms with Crippen LogP contribution in [0.25, 0.3) is 0 Å². The number of thiophene rings is 1. The zero-order valence-corrected chi connectivity index (χ0v) is 12.2. The molecule has 17 heavy (non-hydrogen) atoms. The first-order chi connectivity index (χ1) is 8.13. The molecule has 0 radical (unpaired) electrons. The molecule has 0 spiro atoms. The van der Waals surface area contributed by atoms with Crippen LogP contribution in [0.5, 0.6) is 0 Å². The van der Waals surface area contributed by atoms with Crippen LogP contribution in [0.15, 0.2) is 17.5 Å². The Bertz CT molecular complexity index is 284. The van der Waals surface area contributed by atoms with Crippen molar-refractivity contribution >= 4 is 11.3 Å². The topological polar surface area (TPSA) is 29.3 Å². The fraction of sp³-hybridized carbons (Fsp3) is 0.714. The summed E-state index contributed by atoms with van der Waals surface area (Å²) in [5.41, 5.74) is 6.13. The first-order valence-electron chi connectivity index (χ1n) is 6.61. The largest absolute Gasteiger partial charge is 0.327 e. The maximum atomic E-state index is 6.13. The highest BCUT2D eigenvalue weighted by molar-refractivity contribution is 7.09. The van der Waals surface area contributed by atoms with Gasteiger partial charge in [0, 0.05) is 23.5 Å². The zero-order valence-electron chi connectivity index (χ0n) is 11.4. The van der Waals surface area contributed by atoms with Crippen LogP contribution in [0, 0.1) is 0 Å². The lowest BCUT2D eigenvalue weighted by Gasteiger charge is -2.27. The maximum absolute atomic E-state index is 6.13. The van der Waals surface area contributed by atoms with Crippen LogP contribution >= 0.6 is 11.3 Å². The highest BCUT2D eigenvalue weighted by Gasteiger charge is 2.13. The smallest absolute Gasteiger partial charge is 0.0167 e. The highest BCUT2D eigenvalue weighted by Crippen LogP contribution is 2.14. The summed E-state index contributed by atoms with van der Waals surface area (Å²) in [6, 6.07) is 5.23. The molecule has 0 aliphatic carbocycles. The number of nitrogens with two attached hydrogens (primary N) is 1. The Hall–Kier alpha value is -0.380. The van der Waals surface area contributed by atoms with E-state index in [9.17, 15) is 0 Å². The monoisotopic (exact) mass is 254 g/mol. The van der Waals surface area contributed by atoms with Crippen LogP contribution in [-0.2, 0) is 6.42 Å². The van der Waals surface area contributed by atoms with Crippen LogP contribution in [0.1, 0.15) is 38.0 Å².